The number of imide groups is 1. The molecule has 1 spiro atoms. The van der Waals surface area contributed by atoms with Crippen molar-refractivity contribution in [3.8, 4) is 0 Å². The zero-order valence-electron chi connectivity index (χ0n) is 18.7. The monoisotopic (exact) mass is 525 g/mol. The van der Waals surface area contributed by atoms with Crippen molar-refractivity contribution in [3.63, 3.8) is 0 Å². The number of benzene rings is 3. The predicted octanol–water partition coefficient (Wildman–Crippen LogP) is 5.05. The summed E-state index contributed by atoms with van der Waals surface area (Å²) in [5.41, 5.74) is -3.17. The van der Waals surface area contributed by atoms with Crippen molar-refractivity contribution in [2.24, 2.45) is 11.8 Å². The number of alkyl halides is 3. The number of ketones is 2. The average molecular weight is 526 g/mol. The Kier molecular flexibility index (Phi) is 4.99. The van der Waals surface area contributed by atoms with Gasteiger partial charge in [-0.05, 0) is 35.9 Å². The Bertz CT molecular complexity index is 1480. The first-order valence-corrected chi connectivity index (χ1v) is 11.6. The Labute approximate surface area is 212 Å². The Morgan fingerprint density at radius 2 is 1.43 bits per heavy atom. The third-order valence-corrected chi connectivity index (χ3v) is 7.40. The van der Waals surface area contributed by atoms with Crippen molar-refractivity contribution in [2.45, 2.75) is 17.9 Å². The van der Waals surface area contributed by atoms with E-state index in [1.54, 1.807) is 24.3 Å². The standard InChI is InChI=1S/C27H15ClF3NO5/c28-15-10-8-13(9-11-15)21-19-20(26(37-21)22(33)17-6-1-2-7-18(17)23(26)34)25(36)32(24(19)35)16-5-3-4-14(12-16)27(29,30)31/h1-12,19-21H/t19-,20+,21-/m0/s1. The fraction of sp³-hybridized carbons (Fsp3) is 0.185. The number of hydrogen-bond donors (Lipinski definition) is 0. The zero-order chi connectivity index (χ0) is 26.3. The predicted molar refractivity (Wildman–Crippen MR) is 124 cm³/mol. The normalized spacial score (nSPS) is 24.2. The molecule has 10 heteroatoms. The number of carbonyl (C=O) groups excluding carboxylic acids is 4. The first-order chi connectivity index (χ1) is 17.6. The van der Waals surface area contributed by atoms with Crippen LogP contribution in [0.15, 0.2) is 72.8 Å². The molecule has 2 amide bonds. The molecule has 3 atom stereocenters. The number of nitrogens with zero attached hydrogens (tertiary/aromatic N) is 1. The van der Waals surface area contributed by atoms with Gasteiger partial charge in [-0.25, -0.2) is 4.90 Å². The van der Waals surface area contributed by atoms with Crippen molar-refractivity contribution in [1.29, 1.82) is 0 Å². The van der Waals surface area contributed by atoms with Crippen LogP contribution in [-0.2, 0) is 20.5 Å². The molecule has 3 aliphatic rings. The number of fused-ring (bicyclic) bond motifs is 3. The summed E-state index contributed by atoms with van der Waals surface area (Å²) in [5.74, 6) is -6.24. The fourth-order valence-electron chi connectivity index (χ4n) is 5.55. The number of halogens is 4. The van der Waals surface area contributed by atoms with Gasteiger partial charge in [-0.1, -0.05) is 54.1 Å². The van der Waals surface area contributed by atoms with Gasteiger partial charge in [0.1, 0.15) is 0 Å². The van der Waals surface area contributed by atoms with Crippen molar-refractivity contribution in [2.75, 3.05) is 4.90 Å². The van der Waals surface area contributed by atoms with Crippen LogP contribution in [0.3, 0.4) is 0 Å². The summed E-state index contributed by atoms with van der Waals surface area (Å²) in [7, 11) is 0. The molecule has 0 saturated carbocycles. The molecule has 6 nitrogen and oxygen atoms in total. The van der Waals surface area contributed by atoms with Gasteiger partial charge in [-0.15, -0.1) is 0 Å². The van der Waals surface area contributed by atoms with Crippen molar-refractivity contribution in [3.05, 3.63) is 100 Å². The second-order valence-corrected chi connectivity index (χ2v) is 9.53. The molecule has 186 valence electrons. The third kappa shape index (κ3) is 3.17. The maximum Gasteiger partial charge on any atom is 0.416 e. The van der Waals surface area contributed by atoms with Gasteiger partial charge in [0.25, 0.3) is 0 Å². The van der Waals surface area contributed by atoms with Crippen LogP contribution in [0.1, 0.15) is 37.9 Å². The topological polar surface area (TPSA) is 80.8 Å². The lowest BCUT2D eigenvalue weighted by molar-refractivity contribution is -0.137. The summed E-state index contributed by atoms with van der Waals surface area (Å²) in [4.78, 5) is 55.5. The lowest BCUT2D eigenvalue weighted by Crippen LogP contribution is -2.51. The number of Topliss-reactive ketones (excluding diaryl/α,β-unsaturated/α-hetero) is 2. The summed E-state index contributed by atoms with van der Waals surface area (Å²) < 4.78 is 46.3. The summed E-state index contributed by atoms with van der Waals surface area (Å²) >= 11 is 5.99. The summed E-state index contributed by atoms with van der Waals surface area (Å²) in [6, 6.07) is 15.9. The number of anilines is 1. The Balaban J connectivity index is 1.53. The molecule has 0 N–H and O–H groups in total. The van der Waals surface area contributed by atoms with Crippen molar-refractivity contribution in [1.82, 2.24) is 0 Å². The molecule has 0 radical (unpaired) electrons. The van der Waals surface area contributed by atoms with Gasteiger partial charge in [0, 0.05) is 16.1 Å². The number of ether oxygens (including phenoxy) is 1. The first-order valence-electron chi connectivity index (χ1n) is 11.2. The van der Waals surface area contributed by atoms with E-state index in [1.807, 2.05) is 0 Å². The van der Waals surface area contributed by atoms with E-state index in [1.165, 1.54) is 30.3 Å². The van der Waals surface area contributed by atoms with Crippen LogP contribution < -0.4 is 4.90 Å². The maximum atomic E-state index is 13.8. The SMILES string of the molecule is O=C1[C@@H]2[C@H](c3ccc(Cl)cc3)OC3(C(=O)c4ccccc4C3=O)[C@H]2C(=O)N1c1cccc(C(F)(F)F)c1. The van der Waals surface area contributed by atoms with E-state index in [0.717, 1.165) is 12.1 Å². The van der Waals surface area contributed by atoms with E-state index in [2.05, 4.69) is 0 Å². The largest absolute Gasteiger partial charge is 0.416 e. The van der Waals surface area contributed by atoms with Crippen LogP contribution in [0.4, 0.5) is 18.9 Å². The van der Waals surface area contributed by atoms with Crippen molar-refractivity contribution < 1.29 is 37.1 Å². The van der Waals surface area contributed by atoms with Gasteiger partial charge in [0.2, 0.25) is 29.0 Å². The molecular formula is C27H15ClF3NO5. The van der Waals surface area contributed by atoms with Crippen LogP contribution >= 0.6 is 11.6 Å². The van der Waals surface area contributed by atoms with E-state index in [0.29, 0.717) is 21.6 Å². The van der Waals surface area contributed by atoms with Gasteiger partial charge in [-0.3, -0.25) is 19.2 Å². The molecule has 3 aromatic carbocycles. The molecule has 1 aliphatic carbocycles. The van der Waals surface area contributed by atoms with E-state index in [4.69, 9.17) is 16.3 Å². The lowest BCUT2D eigenvalue weighted by Gasteiger charge is -2.27. The molecule has 6 rings (SSSR count). The Morgan fingerprint density at radius 1 is 0.811 bits per heavy atom. The molecule has 0 unspecified atom stereocenters. The van der Waals surface area contributed by atoms with E-state index in [-0.39, 0.29) is 16.8 Å². The minimum absolute atomic E-state index is 0.0563. The van der Waals surface area contributed by atoms with Crippen LogP contribution in [0.25, 0.3) is 0 Å². The quantitative estimate of drug-likeness (QED) is 0.345. The van der Waals surface area contributed by atoms with Crippen LogP contribution in [0, 0.1) is 11.8 Å². The second kappa shape index (κ2) is 7.84. The molecule has 0 aromatic heterocycles. The number of amides is 2. The van der Waals surface area contributed by atoms with Gasteiger partial charge < -0.3 is 4.74 Å². The highest BCUT2D eigenvalue weighted by Crippen LogP contribution is 2.57. The fourth-order valence-corrected chi connectivity index (χ4v) is 5.67. The van der Waals surface area contributed by atoms with E-state index in [9.17, 15) is 32.3 Å². The highest BCUT2D eigenvalue weighted by atomic mass is 35.5. The lowest BCUT2D eigenvalue weighted by atomic mass is 9.77. The van der Waals surface area contributed by atoms with Crippen LogP contribution in [-0.4, -0.2) is 29.0 Å². The highest BCUT2D eigenvalue weighted by Gasteiger charge is 2.74. The molecule has 2 aliphatic heterocycles. The molecule has 2 saturated heterocycles. The first kappa shape index (κ1) is 23.6. The molecule has 3 aromatic rings. The van der Waals surface area contributed by atoms with Gasteiger partial charge >= 0.3 is 6.18 Å². The minimum Gasteiger partial charge on any atom is -0.349 e. The molecular weight excluding hydrogens is 511 g/mol. The molecule has 0 bridgehead atoms. The zero-order valence-corrected chi connectivity index (χ0v) is 19.4. The summed E-state index contributed by atoms with van der Waals surface area (Å²) in [6.45, 7) is 0. The Morgan fingerprint density at radius 3 is 2.03 bits per heavy atom. The summed E-state index contributed by atoms with van der Waals surface area (Å²) in [5, 5.41) is 0.382. The maximum absolute atomic E-state index is 13.8. The van der Waals surface area contributed by atoms with Gasteiger partial charge in [-0.2, -0.15) is 13.2 Å². The van der Waals surface area contributed by atoms with Crippen LogP contribution in [0.5, 0.6) is 0 Å². The smallest absolute Gasteiger partial charge is 0.349 e. The molecule has 2 heterocycles. The molecule has 37 heavy (non-hydrogen) atoms. The molecule has 2 fully saturated rings. The summed E-state index contributed by atoms with van der Waals surface area (Å²) in [6.07, 6.45) is -5.91. The highest BCUT2D eigenvalue weighted by molar-refractivity contribution is 6.37. The third-order valence-electron chi connectivity index (χ3n) is 7.15. The van der Waals surface area contributed by atoms with Gasteiger partial charge in [0.15, 0.2) is 0 Å². The second-order valence-electron chi connectivity index (χ2n) is 9.09. The number of rotatable bonds is 2. The minimum atomic E-state index is -4.72. The average Bonchev–Trinajstić information content (AvgIpc) is 3.44. The van der Waals surface area contributed by atoms with E-state index >= 15 is 0 Å². The number of hydrogen-bond acceptors (Lipinski definition) is 5. The van der Waals surface area contributed by atoms with Crippen LogP contribution in [0.2, 0.25) is 5.02 Å². The van der Waals surface area contributed by atoms with Gasteiger partial charge in [0.05, 0.1) is 29.2 Å². The Hall–Kier alpha value is -3.82. The van der Waals surface area contributed by atoms with E-state index < -0.39 is 58.7 Å². The number of carbonyl (C=O) groups is 4. The van der Waals surface area contributed by atoms with Crippen molar-refractivity contribution >= 4 is 40.7 Å².